The number of amides is 1. The van der Waals surface area contributed by atoms with Gasteiger partial charge in [-0.05, 0) is 69.8 Å². The molecule has 1 aromatic heterocycles. The maximum atomic E-state index is 13.4. The van der Waals surface area contributed by atoms with Crippen molar-refractivity contribution >= 4 is 11.7 Å². The average Bonchev–Trinajstić information content (AvgIpc) is 3.48. The Morgan fingerprint density at radius 2 is 1.81 bits per heavy atom. The molecule has 0 radical (unpaired) electrons. The molecule has 36 heavy (non-hydrogen) atoms. The normalized spacial score (nSPS) is 18.5. The van der Waals surface area contributed by atoms with E-state index in [0.717, 1.165) is 42.2 Å². The first-order valence-electron chi connectivity index (χ1n) is 12.3. The summed E-state index contributed by atoms with van der Waals surface area (Å²) < 4.78 is 41.3. The zero-order valence-electron chi connectivity index (χ0n) is 20.9. The van der Waals surface area contributed by atoms with Crippen LogP contribution in [-0.2, 0) is 12.7 Å². The Bertz CT molecular complexity index is 1090. The highest BCUT2D eigenvalue weighted by Gasteiger charge is 2.37. The van der Waals surface area contributed by atoms with E-state index in [-0.39, 0.29) is 17.3 Å². The summed E-state index contributed by atoms with van der Waals surface area (Å²) in [5.74, 6) is 0. The second-order valence-corrected chi connectivity index (χ2v) is 10.2. The van der Waals surface area contributed by atoms with Crippen LogP contribution in [0.4, 0.5) is 23.7 Å². The smallest absolute Gasteiger partial charge is 0.371 e. The van der Waals surface area contributed by atoms with Gasteiger partial charge in [-0.25, -0.2) is 4.79 Å². The summed E-state index contributed by atoms with van der Waals surface area (Å²) in [4.78, 5) is 18.8. The number of aromatic nitrogens is 2. The molecule has 2 aliphatic heterocycles. The first kappa shape index (κ1) is 26.4. The van der Waals surface area contributed by atoms with E-state index in [2.05, 4.69) is 16.9 Å². The van der Waals surface area contributed by atoms with E-state index in [4.69, 9.17) is 0 Å². The number of aliphatic hydroxyl groups is 2. The molecule has 2 aromatic rings. The third kappa shape index (κ3) is 5.37. The fourth-order valence-electron chi connectivity index (χ4n) is 5.11. The summed E-state index contributed by atoms with van der Waals surface area (Å²) in [5.41, 5.74) is 1.23. The monoisotopic (exact) mass is 509 g/mol. The van der Waals surface area contributed by atoms with Crippen molar-refractivity contribution in [2.75, 3.05) is 38.1 Å². The summed E-state index contributed by atoms with van der Waals surface area (Å²) in [6.07, 6.45) is -1.32. The van der Waals surface area contributed by atoms with Gasteiger partial charge in [-0.1, -0.05) is 6.07 Å². The van der Waals surface area contributed by atoms with Crippen LogP contribution in [0.1, 0.15) is 61.3 Å². The molecular formula is C25H34F3N5O3. The number of aliphatic hydroxyl groups excluding tert-OH is 1. The van der Waals surface area contributed by atoms with E-state index in [1.54, 1.807) is 17.9 Å². The number of carbonyl (C=O) groups is 1. The number of likely N-dealkylation sites (tertiary alicyclic amines) is 1. The minimum absolute atomic E-state index is 0.0512. The Morgan fingerprint density at radius 1 is 1.17 bits per heavy atom. The summed E-state index contributed by atoms with van der Waals surface area (Å²) in [6, 6.07) is 3.72. The number of anilines is 1. The van der Waals surface area contributed by atoms with Crippen LogP contribution in [-0.4, -0.2) is 74.6 Å². The van der Waals surface area contributed by atoms with E-state index in [0.29, 0.717) is 43.7 Å². The predicted molar refractivity (Wildman–Crippen MR) is 129 cm³/mol. The molecular weight excluding hydrogens is 475 g/mol. The Hall–Kier alpha value is -2.63. The fourth-order valence-corrected chi connectivity index (χ4v) is 5.11. The van der Waals surface area contributed by atoms with Gasteiger partial charge in [0.2, 0.25) is 0 Å². The standard InChI is InChI=1S/C25H34F3N5O3/c1-17-15-33(29-21(17)22(34)35)23(36)32-12-8-24(2,9-13-32)30(3)16-18-6-7-19(25(26,27)28)14-20(18)31-10-4-5-11-31/h6-7,14-15,22,34-35H,4-5,8-13,16H2,1-3H3. The molecule has 1 amide bonds. The minimum atomic E-state index is -4.38. The first-order chi connectivity index (χ1) is 16.9. The second-order valence-electron chi connectivity index (χ2n) is 10.2. The largest absolute Gasteiger partial charge is 0.416 e. The molecule has 2 aliphatic rings. The molecule has 3 heterocycles. The van der Waals surface area contributed by atoms with E-state index in [1.807, 2.05) is 11.9 Å². The van der Waals surface area contributed by atoms with Gasteiger partial charge in [0.1, 0.15) is 5.69 Å². The number of carbonyl (C=O) groups excluding carboxylic acids is 1. The highest BCUT2D eigenvalue weighted by Crippen LogP contribution is 2.36. The lowest BCUT2D eigenvalue weighted by Crippen LogP contribution is -2.53. The minimum Gasteiger partial charge on any atom is -0.371 e. The van der Waals surface area contributed by atoms with Crippen LogP contribution >= 0.6 is 0 Å². The first-order valence-corrected chi connectivity index (χ1v) is 12.3. The average molecular weight is 510 g/mol. The van der Waals surface area contributed by atoms with Gasteiger partial charge in [0.25, 0.3) is 0 Å². The molecule has 11 heteroatoms. The zero-order chi connectivity index (χ0) is 26.3. The molecule has 2 saturated heterocycles. The molecule has 0 aliphatic carbocycles. The lowest BCUT2D eigenvalue weighted by molar-refractivity contribution is -0.137. The molecule has 0 saturated carbocycles. The maximum Gasteiger partial charge on any atom is 0.416 e. The quantitative estimate of drug-likeness (QED) is 0.598. The van der Waals surface area contributed by atoms with Crippen LogP contribution < -0.4 is 4.90 Å². The molecule has 4 rings (SSSR count). The Balaban J connectivity index is 1.45. The van der Waals surface area contributed by atoms with Crippen molar-refractivity contribution < 1.29 is 28.2 Å². The molecule has 2 N–H and O–H groups in total. The van der Waals surface area contributed by atoms with Crippen LogP contribution in [0.2, 0.25) is 0 Å². The fraction of sp³-hybridized carbons (Fsp3) is 0.600. The number of piperidine rings is 1. The molecule has 8 nitrogen and oxygen atoms in total. The molecule has 0 unspecified atom stereocenters. The zero-order valence-corrected chi connectivity index (χ0v) is 20.9. The Kier molecular flexibility index (Phi) is 7.36. The van der Waals surface area contributed by atoms with Gasteiger partial charge < -0.3 is 20.0 Å². The van der Waals surface area contributed by atoms with Crippen LogP contribution in [0.5, 0.6) is 0 Å². The van der Waals surface area contributed by atoms with E-state index in [1.165, 1.54) is 12.3 Å². The SMILES string of the molecule is Cc1cn(C(=O)N2CCC(C)(N(C)Cc3ccc(C(F)(F)F)cc3N3CCCC3)CC2)nc1C(O)O. The topological polar surface area (TPSA) is 85.1 Å². The van der Waals surface area contributed by atoms with Gasteiger partial charge in [0, 0.05) is 50.1 Å². The van der Waals surface area contributed by atoms with Crippen molar-refractivity contribution in [1.82, 2.24) is 19.6 Å². The van der Waals surface area contributed by atoms with Crippen molar-refractivity contribution in [1.29, 1.82) is 0 Å². The molecule has 0 bridgehead atoms. The number of nitrogens with zero attached hydrogens (tertiary/aromatic N) is 5. The second kappa shape index (κ2) is 10.0. The van der Waals surface area contributed by atoms with Crippen molar-refractivity contribution in [2.24, 2.45) is 0 Å². The Morgan fingerprint density at radius 3 is 2.36 bits per heavy atom. The lowest BCUT2D eigenvalue weighted by Gasteiger charge is -2.45. The number of rotatable bonds is 5. The summed E-state index contributed by atoms with van der Waals surface area (Å²) >= 11 is 0. The summed E-state index contributed by atoms with van der Waals surface area (Å²) in [7, 11) is 1.98. The van der Waals surface area contributed by atoms with Crippen LogP contribution in [0.3, 0.4) is 0 Å². The molecule has 0 atom stereocenters. The van der Waals surface area contributed by atoms with Crippen LogP contribution in [0.15, 0.2) is 24.4 Å². The van der Waals surface area contributed by atoms with Crippen molar-refractivity contribution in [3.8, 4) is 0 Å². The third-order valence-corrected chi connectivity index (χ3v) is 7.68. The van der Waals surface area contributed by atoms with Crippen molar-refractivity contribution in [2.45, 2.75) is 64.1 Å². The van der Waals surface area contributed by atoms with Crippen LogP contribution in [0.25, 0.3) is 0 Å². The molecule has 2 fully saturated rings. The van der Waals surface area contributed by atoms with E-state index >= 15 is 0 Å². The maximum absolute atomic E-state index is 13.4. The highest BCUT2D eigenvalue weighted by atomic mass is 19.4. The molecule has 0 spiro atoms. The summed E-state index contributed by atoms with van der Waals surface area (Å²) in [6.45, 7) is 6.77. The number of aryl methyl sites for hydroxylation is 1. The number of hydrogen-bond acceptors (Lipinski definition) is 6. The van der Waals surface area contributed by atoms with Crippen molar-refractivity contribution in [3.05, 3.63) is 46.8 Å². The summed E-state index contributed by atoms with van der Waals surface area (Å²) in [5, 5.41) is 22.8. The van der Waals surface area contributed by atoms with Gasteiger partial charge >= 0.3 is 12.2 Å². The van der Waals surface area contributed by atoms with E-state index in [9.17, 15) is 28.2 Å². The number of alkyl halides is 3. The van der Waals surface area contributed by atoms with Gasteiger partial charge in [-0.3, -0.25) is 4.90 Å². The van der Waals surface area contributed by atoms with Crippen molar-refractivity contribution in [3.63, 3.8) is 0 Å². The lowest BCUT2D eigenvalue weighted by atomic mass is 9.87. The van der Waals surface area contributed by atoms with E-state index < -0.39 is 18.0 Å². The predicted octanol–water partition coefficient (Wildman–Crippen LogP) is 3.75. The van der Waals surface area contributed by atoms with Gasteiger partial charge in [-0.15, -0.1) is 0 Å². The number of halogens is 3. The van der Waals surface area contributed by atoms with Gasteiger partial charge in [0.15, 0.2) is 6.29 Å². The third-order valence-electron chi connectivity index (χ3n) is 7.68. The number of hydrogen-bond donors (Lipinski definition) is 2. The Labute approximate surface area is 208 Å². The molecule has 198 valence electrons. The molecule has 1 aromatic carbocycles. The van der Waals surface area contributed by atoms with Gasteiger partial charge in [-0.2, -0.15) is 23.0 Å². The van der Waals surface area contributed by atoms with Gasteiger partial charge in [0.05, 0.1) is 5.56 Å². The number of benzene rings is 1. The van der Waals surface area contributed by atoms with Crippen LogP contribution in [0, 0.1) is 6.92 Å². The highest BCUT2D eigenvalue weighted by molar-refractivity contribution is 5.76.